The van der Waals surface area contributed by atoms with Gasteiger partial charge in [-0.2, -0.15) is 0 Å². The first-order valence-electron chi connectivity index (χ1n) is 48.6. The molecule has 0 fully saturated rings. The molecule has 0 saturated carbocycles. The Hall–Kier alpha value is -16.7. The van der Waals surface area contributed by atoms with Crippen LogP contribution in [0.2, 0.25) is 0 Å². The fourth-order valence-corrected chi connectivity index (χ4v) is 26.6. The Labute approximate surface area is 804 Å². The predicted octanol–water partition coefficient (Wildman–Crippen LogP) is 32.3. The lowest BCUT2D eigenvalue weighted by Crippen LogP contribution is -2.43. The second-order valence-electron chi connectivity index (χ2n) is 40.2. The summed E-state index contributed by atoms with van der Waals surface area (Å²) in [6.45, 7) is 12.2. The van der Waals surface area contributed by atoms with Crippen LogP contribution in [-0.2, 0) is 38.9 Å². The molecule has 2 atom stereocenters. The van der Waals surface area contributed by atoms with Gasteiger partial charge in [-0.15, -0.1) is 0 Å². The van der Waals surface area contributed by atoms with E-state index in [1.165, 1.54) is 161 Å². The van der Waals surface area contributed by atoms with Crippen molar-refractivity contribution in [2.24, 2.45) is 0 Å². The Morgan fingerprint density at radius 1 is 0.203 bits per heavy atom. The van der Waals surface area contributed by atoms with Crippen molar-refractivity contribution in [1.29, 1.82) is 0 Å². The first-order valence-corrected chi connectivity index (χ1v) is 48.6. The molecule has 22 aromatic rings. The number of rotatable bonds is 10. The van der Waals surface area contributed by atoms with Gasteiger partial charge >= 0.3 is 0 Å². The van der Waals surface area contributed by atoms with Crippen molar-refractivity contribution in [2.75, 3.05) is 0 Å². The average molecular weight is 1760 g/mol. The largest absolute Gasteiger partial charge is 0.256 e. The molecule has 0 saturated heterocycles. The van der Waals surface area contributed by atoms with Gasteiger partial charge in [0.05, 0.1) is 38.5 Å². The third-order valence-electron chi connectivity index (χ3n) is 32.7. The summed E-state index contributed by atoms with van der Waals surface area (Å²) < 4.78 is 0. The molecule has 28 rings (SSSR count). The van der Waals surface area contributed by atoms with Crippen LogP contribution in [0.3, 0.4) is 0 Å². The summed E-state index contributed by atoms with van der Waals surface area (Å²) in [6.07, 6.45) is 4.68. The molecule has 4 heteroatoms. The molecule has 648 valence electrons. The quantitative estimate of drug-likeness (QED) is 0.137. The molecule has 3 heterocycles. The summed E-state index contributed by atoms with van der Waals surface area (Å²) in [4.78, 5) is 20.6. The van der Waals surface area contributed by atoms with E-state index in [0.717, 1.165) is 106 Å². The Balaban J connectivity index is 0.518. The summed E-state index contributed by atoms with van der Waals surface area (Å²) >= 11 is 0. The van der Waals surface area contributed by atoms with Crippen LogP contribution in [0.15, 0.2) is 455 Å². The highest BCUT2D eigenvalue weighted by atomic mass is 14.9. The molecule has 0 N–H and O–H groups in total. The number of para-hydroxylation sites is 2. The standard InChI is InChI=1S/C134H92N4/c1-129(2)112-50-19-23-54-118(112)133(106-45-14-9-37-98(106)99-38-10-15-46-107(99)133)122-79-90(65-68-114(122)129)93-35-7-8-36-96(93)97-43-29-57-126-103(97)66-71-125(137-126)91-34-27-32-88(76-91)94-72-73-135-127-95(42-28-44-104(94)127)89-33-26-31-85(75-89)87-63-69-116-123(78-87)134(108-47-16-11-39-100(108)101-40-12-17-48-109(101)134)119-55-24-21-52-115(119)131(116,5)80-82-58-67-111-105(74-82)102-41-13-18-49-110(102)132(111)117-53-22-20-51-113(117)130(3,4)121-77-86(64-70-120(121)132)83-59-61-84(62-60-83)128-136-81-92-30-6-25-56-124(92)138-128/h6-79,81H,80H2,1-5H3. The van der Waals surface area contributed by atoms with Crippen molar-refractivity contribution < 1.29 is 0 Å². The number of hydrogen-bond acceptors (Lipinski definition) is 4. The molecule has 6 aliphatic carbocycles. The topological polar surface area (TPSA) is 51.6 Å². The van der Waals surface area contributed by atoms with Gasteiger partial charge in [0.1, 0.15) is 0 Å². The van der Waals surface area contributed by atoms with Crippen molar-refractivity contribution in [3.8, 4) is 123 Å². The van der Waals surface area contributed by atoms with E-state index < -0.39 is 21.7 Å². The van der Waals surface area contributed by atoms with E-state index in [9.17, 15) is 0 Å². The molecule has 6 aliphatic rings. The second-order valence-corrected chi connectivity index (χ2v) is 40.2. The van der Waals surface area contributed by atoms with E-state index in [0.29, 0.717) is 0 Å². The molecule has 0 radical (unpaired) electrons. The average Bonchev–Trinajstić information content (AvgIpc) is 1.44. The molecule has 0 amide bonds. The lowest BCUT2D eigenvalue weighted by Gasteiger charge is -2.48. The van der Waals surface area contributed by atoms with Gasteiger partial charge < -0.3 is 0 Å². The molecule has 4 nitrogen and oxygen atoms in total. The maximum absolute atomic E-state index is 5.55. The zero-order valence-corrected chi connectivity index (χ0v) is 77.3. The van der Waals surface area contributed by atoms with Crippen molar-refractivity contribution in [3.63, 3.8) is 0 Å². The SMILES string of the molecule is CC1(C)c2ccccc2C2(c3ccccc3-c3cc(CC4(C)c5ccccc5C5(c6ccccc6-c6ccccc65)c5cc(-c6cccc(-c7cccc8c(-c9cccc(-c%10ccc%11c(-c%12ccccc%12-c%12ccc%13c(c%12)C%12(c%14ccccc%14-c%14ccccc%14%12)c%12ccccc%12C%13(C)C)cccc%11n%10)c9)ccnc78)c6)ccc54)ccc32)c2ccc(-c3ccc(-c4ncc5ccccc5n4)cc3)cc21. The van der Waals surface area contributed by atoms with E-state index in [2.05, 4.69) is 465 Å². The summed E-state index contributed by atoms with van der Waals surface area (Å²) in [7, 11) is 0. The lowest BCUT2D eigenvalue weighted by molar-refractivity contribution is 0.514. The van der Waals surface area contributed by atoms with E-state index >= 15 is 0 Å². The Kier molecular flexibility index (Phi) is 17.2. The van der Waals surface area contributed by atoms with E-state index in [1.807, 2.05) is 24.5 Å². The number of benzene rings is 19. The number of pyridine rings is 2. The highest BCUT2D eigenvalue weighted by Gasteiger charge is 2.58. The minimum atomic E-state index is -0.629. The van der Waals surface area contributed by atoms with Crippen molar-refractivity contribution in [2.45, 2.75) is 73.5 Å². The molecular formula is C134H92N4. The fourth-order valence-electron chi connectivity index (χ4n) is 26.6. The van der Waals surface area contributed by atoms with Gasteiger partial charge in [-0.3, -0.25) is 4.98 Å². The zero-order valence-electron chi connectivity index (χ0n) is 77.3. The fraction of sp³-hybridized carbons (Fsp3) is 0.0896. The van der Waals surface area contributed by atoms with Gasteiger partial charge in [-0.05, 0) is 261 Å². The predicted molar refractivity (Wildman–Crippen MR) is 566 cm³/mol. The zero-order chi connectivity index (χ0) is 91.7. The number of fused-ring (bicyclic) bond motifs is 30. The lowest BCUT2D eigenvalue weighted by atomic mass is 9.53. The monoisotopic (exact) mass is 1760 g/mol. The van der Waals surface area contributed by atoms with Crippen LogP contribution in [-0.4, -0.2) is 19.9 Å². The maximum atomic E-state index is 5.55. The van der Waals surface area contributed by atoms with Gasteiger partial charge in [0.25, 0.3) is 0 Å². The molecule has 2 unspecified atom stereocenters. The second kappa shape index (κ2) is 29.7. The van der Waals surface area contributed by atoms with Crippen molar-refractivity contribution in [3.05, 3.63) is 561 Å². The van der Waals surface area contributed by atoms with E-state index in [-0.39, 0.29) is 10.8 Å². The van der Waals surface area contributed by atoms with Crippen LogP contribution in [0.4, 0.5) is 0 Å². The van der Waals surface area contributed by atoms with Crippen molar-refractivity contribution in [1.82, 2.24) is 19.9 Å². The van der Waals surface area contributed by atoms with Crippen LogP contribution in [0, 0.1) is 0 Å². The highest BCUT2D eigenvalue weighted by Crippen LogP contribution is 2.68. The highest BCUT2D eigenvalue weighted by molar-refractivity contribution is 6.05. The summed E-state index contributed by atoms with van der Waals surface area (Å²) in [5.41, 5.74) is 50.0. The minimum absolute atomic E-state index is 0.238. The molecular weight excluding hydrogens is 1670 g/mol. The first kappa shape index (κ1) is 79.9. The summed E-state index contributed by atoms with van der Waals surface area (Å²) in [6, 6.07) is 168. The molecule has 3 spiro atoms. The van der Waals surface area contributed by atoms with Crippen LogP contribution in [0.1, 0.15) is 140 Å². The number of aromatic nitrogens is 4. The van der Waals surface area contributed by atoms with Gasteiger partial charge in [0.2, 0.25) is 0 Å². The third kappa shape index (κ3) is 11.1. The van der Waals surface area contributed by atoms with Crippen LogP contribution >= 0.6 is 0 Å². The molecule has 138 heavy (non-hydrogen) atoms. The number of nitrogens with zero attached hydrogens (tertiary/aromatic N) is 4. The van der Waals surface area contributed by atoms with Crippen LogP contribution in [0.5, 0.6) is 0 Å². The third-order valence-corrected chi connectivity index (χ3v) is 32.7. The van der Waals surface area contributed by atoms with Gasteiger partial charge in [0.15, 0.2) is 5.82 Å². The smallest absolute Gasteiger partial charge is 0.159 e. The van der Waals surface area contributed by atoms with Gasteiger partial charge in [-0.25, -0.2) is 15.0 Å². The van der Waals surface area contributed by atoms with E-state index in [4.69, 9.17) is 19.9 Å². The molecule has 3 aromatic heterocycles. The van der Waals surface area contributed by atoms with Gasteiger partial charge in [-0.1, -0.05) is 423 Å². The Bertz CT molecular complexity index is 8900. The summed E-state index contributed by atoms with van der Waals surface area (Å²) in [5.74, 6) is 0.726. The Morgan fingerprint density at radius 3 is 1.25 bits per heavy atom. The molecule has 19 aromatic carbocycles. The maximum Gasteiger partial charge on any atom is 0.159 e. The van der Waals surface area contributed by atoms with Crippen molar-refractivity contribution >= 4 is 32.7 Å². The molecule has 0 bridgehead atoms. The van der Waals surface area contributed by atoms with Crippen LogP contribution in [0.25, 0.3) is 155 Å². The minimum Gasteiger partial charge on any atom is -0.256 e. The van der Waals surface area contributed by atoms with Gasteiger partial charge in [0, 0.05) is 61.5 Å². The number of hydrogen-bond donors (Lipinski definition) is 0. The van der Waals surface area contributed by atoms with E-state index in [1.54, 1.807) is 0 Å². The first-order chi connectivity index (χ1) is 67.8. The normalized spacial score (nSPS) is 16.5. The Morgan fingerprint density at radius 2 is 0.594 bits per heavy atom. The summed E-state index contributed by atoms with van der Waals surface area (Å²) in [5, 5.41) is 3.23. The van der Waals surface area contributed by atoms with Crippen LogP contribution < -0.4 is 0 Å². The molecule has 0 aliphatic heterocycles.